The normalized spacial score (nSPS) is 11.1. The summed E-state index contributed by atoms with van der Waals surface area (Å²) in [6.45, 7) is 0.924. The average Bonchev–Trinajstić information content (AvgIpc) is 3.12. The second kappa shape index (κ2) is 9.41. The second-order valence-electron chi connectivity index (χ2n) is 6.87. The smallest absolute Gasteiger partial charge is 0.259 e. The highest BCUT2D eigenvalue weighted by atomic mass is 79.9. The van der Waals surface area contributed by atoms with Crippen LogP contribution in [-0.4, -0.2) is 23.2 Å². The third-order valence-corrected chi connectivity index (χ3v) is 5.23. The summed E-state index contributed by atoms with van der Waals surface area (Å²) in [7, 11) is 0. The van der Waals surface area contributed by atoms with E-state index in [2.05, 4.69) is 66.8 Å². The van der Waals surface area contributed by atoms with Crippen molar-refractivity contribution in [3.63, 3.8) is 0 Å². The maximum Gasteiger partial charge on any atom is 0.259 e. The molecule has 0 saturated heterocycles. The molecule has 1 amide bonds. The summed E-state index contributed by atoms with van der Waals surface area (Å²) in [5.74, 6) is -0.206. The van der Waals surface area contributed by atoms with Crippen LogP contribution in [0.15, 0.2) is 94.6 Å². The molecule has 2 N–H and O–H groups in total. The Morgan fingerprint density at radius 3 is 2.50 bits per heavy atom. The summed E-state index contributed by atoms with van der Waals surface area (Å²) in [5.41, 5.74) is 6.78. The number of amides is 1. The van der Waals surface area contributed by atoms with Gasteiger partial charge in [0.1, 0.15) is 0 Å². The van der Waals surface area contributed by atoms with E-state index in [4.69, 9.17) is 0 Å². The van der Waals surface area contributed by atoms with Gasteiger partial charge in [0.25, 0.3) is 5.91 Å². The minimum Gasteiger partial charge on any atom is -0.376 e. The first-order valence-electron chi connectivity index (χ1n) is 9.62. The van der Waals surface area contributed by atoms with E-state index in [-0.39, 0.29) is 12.5 Å². The molecule has 0 atom stereocenters. The zero-order valence-corrected chi connectivity index (χ0v) is 17.8. The number of rotatable bonds is 7. The van der Waals surface area contributed by atoms with E-state index in [1.165, 1.54) is 5.56 Å². The first kappa shape index (κ1) is 19.9. The summed E-state index contributed by atoms with van der Waals surface area (Å²) < 4.78 is 3.19. The number of hydrogen-bond acceptors (Lipinski definition) is 3. The standard InChI is InChI=1S/C24H21BrN4O/c25-20-10-12-21(13-11-20)26-15-24(30)28-27-14-19-17-29(16-18-6-2-1-3-7-18)23-9-5-4-8-22(19)23/h1-14,17,26H,15-16H2,(H,28,30)/b27-14-. The second-order valence-corrected chi connectivity index (χ2v) is 7.78. The zero-order chi connectivity index (χ0) is 20.8. The number of halogens is 1. The highest BCUT2D eigenvalue weighted by molar-refractivity contribution is 9.10. The predicted octanol–water partition coefficient (Wildman–Crippen LogP) is 5.01. The van der Waals surface area contributed by atoms with E-state index in [0.717, 1.165) is 33.2 Å². The van der Waals surface area contributed by atoms with Gasteiger partial charge in [0.05, 0.1) is 12.8 Å². The van der Waals surface area contributed by atoms with Crippen LogP contribution < -0.4 is 10.7 Å². The Balaban J connectivity index is 1.42. The van der Waals surface area contributed by atoms with Crippen LogP contribution in [0.1, 0.15) is 11.1 Å². The molecule has 3 aromatic carbocycles. The van der Waals surface area contributed by atoms with Crippen molar-refractivity contribution in [2.24, 2.45) is 5.10 Å². The molecule has 0 radical (unpaired) electrons. The SMILES string of the molecule is O=C(CNc1ccc(Br)cc1)N/N=C\c1cn(Cc2ccccc2)c2ccccc12. The molecule has 0 aliphatic heterocycles. The highest BCUT2D eigenvalue weighted by Gasteiger charge is 2.07. The van der Waals surface area contributed by atoms with E-state index in [9.17, 15) is 4.79 Å². The molecule has 4 rings (SSSR count). The van der Waals surface area contributed by atoms with Crippen molar-refractivity contribution in [2.45, 2.75) is 6.54 Å². The van der Waals surface area contributed by atoms with E-state index in [0.29, 0.717) is 0 Å². The Morgan fingerprint density at radius 2 is 1.70 bits per heavy atom. The van der Waals surface area contributed by atoms with Crippen LogP contribution in [0.4, 0.5) is 5.69 Å². The van der Waals surface area contributed by atoms with Crippen molar-refractivity contribution in [3.8, 4) is 0 Å². The van der Waals surface area contributed by atoms with Crippen molar-refractivity contribution < 1.29 is 4.79 Å². The van der Waals surface area contributed by atoms with Crippen molar-refractivity contribution in [2.75, 3.05) is 11.9 Å². The molecule has 5 nitrogen and oxygen atoms in total. The molecule has 0 spiro atoms. The molecule has 1 aromatic heterocycles. The zero-order valence-electron chi connectivity index (χ0n) is 16.3. The van der Waals surface area contributed by atoms with Crippen LogP contribution in [0.25, 0.3) is 10.9 Å². The van der Waals surface area contributed by atoms with E-state index < -0.39 is 0 Å². The molecule has 0 bridgehead atoms. The molecule has 1 heterocycles. The van der Waals surface area contributed by atoms with Crippen LogP contribution in [0, 0.1) is 0 Å². The number of nitrogens with one attached hydrogen (secondary N) is 2. The number of anilines is 1. The van der Waals surface area contributed by atoms with Gasteiger partial charge in [-0.1, -0.05) is 64.5 Å². The minimum absolute atomic E-state index is 0.148. The number of aromatic nitrogens is 1. The van der Waals surface area contributed by atoms with Crippen LogP contribution in [0.2, 0.25) is 0 Å². The largest absolute Gasteiger partial charge is 0.376 e. The van der Waals surface area contributed by atoms with Crippen LogP contribution in [0.3, 0.4) is 0 Å². The maximum absolute atomic E-state index is 12.1. The molecule has 6 heteroatoms. The third-order valence-electron chi connectivity index (χ3n) is 4.71. The number of carbonyl (C=O) groups excluding carboxylic acids is 1. The van der Waals surface area contributed by atoms with Gasteiger partial charge in [0.15, 0.2) is 0 Å². The number of nitrogens with zero attached hydrogens (tertiary/aromatic N) is 2. The molecule has 0 aliphatic carbocycles. The van der Waals surface area contributed by atoms with Crippen molar-refractivity contribution in [3.05, 3.63) is 101 Å². The van der Waals surface area contributed by atoms with Gasteiger partial charge in [-0.25, -0.2) is 5.43 Å². The lowest BCUT2D eigenvalue weighted by atomic mass is 10.2. The Labute approximate surface area is 183 Å². The molecule has 0 fully saturated rings. The highest BCUT2D eigenvalue weighted by Crippen LogP contribution is 2.21. The fourth-order valence-corrected chi connectivity index (χ4v) is 3.52. The molecule has 150 valence electrons. The number of para-hydroxylation sites is 1. The summed E-state index contributed by atoms with van der Waals surface area (Å²) in [4.78, 5) is 12.1. The van der Waals surface area contributed by atoms with Gasteiger partial charge in [0.2, 0.25) is 0 Å². The lowest BCUT2D eigenvalue weighted by Gasteiger charge is -2.05. The lowest BCUT2D eigenvalue weighted by Crippen LogP contribution is -2.25. The number of hydrazone groups is 1. The van der Waals surface area contributed by atoms with E-state index in [1.807, 2.05) is 54.6 Å². The van der Waals surface area contributed by atoms with Gasteiger partial charge in [-0.15, -0.1) is 0 Å². The number of carbonyl (C=O) groups is 1. The maximum atomic E-state index is 12.1. The number of hydrogen-bond donors (Lipinski definition) is 2. The Morgan fingerprint density at radius 1 is 0.967 bits per heavy atom. The summed E-state index contributed by atoms with van der Waals surface area (Å²) in [5, 5.41) is 8.32. The van der Waals surface area contributed by atoms with Gasteiger partial charge in [0, 0.05) is 39.4 Å². The first-order chi connectivity index (χ1) is 14.7. The fourth-order valence-electron chi connectivity index (χ4n) is 3.25. The molecule has 30 heavy (non-hydrogen) atoms. The summed E-state index contributed by atoms with van der Waals surface area (Å²) in [6.07, 6.45) is 3.76. The quantitative estimate of drug-likeness (QED) is 0.300. The van der Waals surface area contributed by atoms with Crippen molar-refractivity contribution in [1.82, 2.24) is 9.99 Å². The predicted molar refractivity (Wildman–Crippen MR) is 126 cm³/mol. The summed E-state index contributed by atoms with van der Waals surface area (Å²) >= 11 is 3.39. The average molecular weight is 461 g/mol. The van der Waals surface area contributed by atoms with Gasteiger partial charge in [-0.3, -0.25) is 4.79 Å². The fraction of sp³-hybridized carbons (Fsp3) is 0.0833. The van der Waals surface area contributed by atoms with Crippen LogP contribution in [-0.2, 0) is 11.3 Å². The molecular weight excluding hydrogens is 440 g/mol. The number of fused-ring (bicyclic) bond motifs is 1. The van der Waals surface area contributed by atoms with Gasteiger partial charge in [-0.2, -0.15) is 5.10 Å². The first-order valence-corrected chi connectivity index (χ1v) is 10.4. The van der Waals surface area contributed by atoms with E-state index >= 15 is 0 Å². The molecule has 0 unspecified atom stereocenters. The topological polar surface area (TPSA) is 58.4 Å². The monoisotopic (exact) mass is 460 g/mol. The molecular formula is C24H21BrN4O. The van der Waals surface area contributed by atoms with Crippen LogP contribution in [0.5, 0.6) is 0 Å². The van der Waals surface area contributed by atoms with Gasteiger partial charge >= 0.3 is 0 Å². The Bertz CT molecular complexity index is 1170. The lowest BCUT2D eigenvalue weighted by molar-refractivity contribution is -0.119. The van der Waals surface area contributed by atoms with Gasteiger partial charge < -0.3 is 9.88 Å². The van der Waals surface area contributed by atoms with Crippen molar-refractivity contribution >= 4 is 44.6 Å². The Kier molecular flexibility index (Phi) is 6.25. The van der Waals surface area contributed by atoms with Crippen LogP contribution >= 0.6 is 15.9 Å². The van der Waals surface area contributed by atoms with E-state index in [1.54, 1.807) is 6.21 Å². The Hall–Kier alpha value is -3.38. The molecule has 0 aliphatic rings. The summed E-state index contributed by atoms with van der Waals surface area (Å²) in [6, 6.07) is 26.2. The van der Waals surface area contributed by atoms with Crippen molar-refractivity contribution in [1.29, 1.82) is 0 Å². The van der Waals surface area contributed by atoms with Gasteiger partial charge in [-0.05, 0) is 35.9 Å². The molecule has 0 saturated carbocycles. The molecule has 4 aromatic rings. The minimum atomic E-state index is -0.206. The number of benzene rings is 3. The third kappa shape index (κ3) is 4.96.